The van der Waals surface area contributed by atoms with Crippen molar-refractivity contribution in [1.29, 1.82) is 0 Å². The SMILES string of the molecule is [2H]c1cc2c3c([2H])c([2H])c([2H])c([2H])c3n(-c3c([2H])c4c5c([2H])c([2H])c([2H])c([2H])c5n(-c5c([2H])c([2H])c([2H])c([Si](c6ccccc6)(c6c([2H])c([2H])c([2H])c([2H])c6[2H])c6c([2H])c([2H])c([2H])c(-c7c([2H])c([2H])c([2H])c([2H])c7[2H])c6[2H])c5[2H])c4c4c3oc3c([2H])c([2H])c([2H])c([2H])c34)c2c([2H])c1[2H]. The molecule has 0 bridgehead atoms. The Morgan fingerprint density at radius 2 is 0.969 bits per heavy atom. The number of nitrogens with zero attached hydrogens (tertiary/aromatic N) is 2. The van der Waals surface area contributed by atoms with Gasteiger partial charge in [0, 0.05) is 32.6 Å². The number of hydrogen-bond donors (Lipinski definition) is 0. The van der Waals surface area contributed by atoms with Gasteiger partial charge in [-0.2, -0.15) is 0 Å². The Labute approximate surface area is 419 Å². The first kappa shape index (κ1) is 16.2. The van der Waals surface area contributed by atoms with Crippen molar-refractivity contribution in [3.05, 3.63) is 242 Å². The largest absolute Gasteiger partial charge is 0.454 e. The van der Waals surface area contributed by atoms with E-state index < -0.39 is 306 Å². The van der Waals surface area contributed by atoms with Crippen molar-refractivity contribution >= 4 is 94.4 Å². The Hall–Kier alpha value is -8.18. The molecule has 1 unspecified atom stereocenters. The summed E-state index contributed by atoms with van der Waals surface area (Å²) in [5.74, 6) is 0. The number of para-hydroxylation sites is 4. The van der Waals surface area contributed by atoms with Crippen LogP contribution in [0.2, 0.25) is 0 Å². The normalized spacial score (nSPS) is 20.2. The summed E-state index contributed by atoms with van der Waals surface area (Å²) in [6.07, 6.45) is 0. The summed E-state index contributed by atoms with van der Waals surface area (Å²) in [5.41, 5.74) is -7.82. The molecular weight excluding hydrogens is 793 g/mol. The van der Waals surface area contributed by atoms with Gasteiger partial charge in [-0.1, -0.05) is 200 Å². The Balaban J connectivity index is 1.37. The molecule has 0 amide bonds. The van der Waals surface area contributed by atoms with Crippen LogP contribution in [0.1, 0.15) is 46.6 Å². The fourth-order valence-corrected chi connectivity index (χ4v) is 12.4. The number of furan rings is 1. The average Bonchev–Trinajstić information content (AvgIpc) is 1.45. The molecule has 0 aliphatic rings. The molecule has 300 valence electrons. The molecule has 0 aliphatic carbocycles. The number of aromatic nitrogens is 2. The summed E-state index contributed by atoms with van der Waals surface area (Å²) in [7, 11) is -6.12. The molecule has 4 heteroatoms. The van der Waals surface area contributed by atoms with Crippen LogP contribution in [-0.4, -0.2) is 17.2 Å². The van der Waals surface area contributed by atoms with Gasteiger partial charge in [-0.15, -0.1) is 0 Å². The van der Waals surface area contributed by atoms with Crippen LogP contribution < -0.4 is 20.7 Å². The van der Waals surface area contributed by atoms with E-state index >= 15 is 0 Å². The molecule has 3 heterocycles. The minimum atomic E-state index is -6.12. The number of benzene rings is 10. The van der Waals surface area contributed by atoms with Crippen LogP contribution in [0.3, 0.4) is 0 Å². The minimum Gasteiger partial charge on any atom is -0.454 e. The summed E-state index contributed by atoms with van der Waals surface area (Å²) < 4.78 is 328. The Morgan fingerprint density at radius 1 is 0.391 bits per heavy atom. The molecule has 0 spiro atoms. The lowest BCUT2D eigenvalue weighted by molar-refractivity contribution is 0.666. The van der Waals surface area contributed by atoms with Crippen LogP contribution in [0.15, 0.2) is 246 Å². The zero-order valence-electron chi connectivity index (χ0n) is 66.3. The third-order valence-electron chi connectivity index (χ3n) is 11.0. The highest BCUT2D eigenvalue weighted by atomic mass is 28.3. The lowest BCUT2D eigenvalue weighted by Crippen LogP contribution is -2.74. The summed E-state index contributed by atoms with van der Waals surface area (Å²) in [4.78, 5) is 0. The van der Waals surface area contributed by atoms with E-state index in [0.717, 1.165) is 10.6 Å². The molecule has 3 aromatic heterocycles. The maximum absolute atomic E-state index is 11.0. The van der Waals surface area contributed by atoms with Crippen molar-refractivity contribution in [2.24, 2.45) is 0 Å². The maximum atomic E-state index is 11.0. The van der Waals surface area contributed by atoms with Crippen molar-refractivity contribution < 1.29 is 51.0 Å². The Kier molecular flexibility index (Phi) is 3.65. The van der Waals surface area contributed by atoms with Crippen LogP contribution in [0.25, 0.3) is 88.1 Å². The third kappa shape index (κ3) is 5.33. The summed E-state index contributed by atoms with van der Waals surface area (Å²) >= 11 is 0. The molecule has 0 saturated heterocycles. The van der Waals surface area contributed by atoms with E-state index in [1.807, 2.05) is 0 Å². The summed E-state index contributed by atoms with van der Waals surface area (Å²) in [6.45, 7) is 0. The summed E-state index contributed by atoms with van der Waals surface area (Å²) in [5, 5.41) is -6.67. The highest BCUT2D eigenvalue weighted by molar-refractivity contribution is 7.20. The molecule has 0 aliphatic heterocycles. The molecule has 3 nitrogen and oxygen atoms in total. The number of hydrogen-bond acceptors (Lipinski definition) is 1. The van der Waals surface area contributed by atoms with Crippen molar-refractivity contribution in [2.75, 3.05) is 0 Å². The zero-order valence-corrected chi connectivity index (χ0v) is 33.3. The second-order valence-corrected chi connectivity index (χ2v) is 17.8. The molecule has 0 radical (unpaired) electrons. The van der Waals surface area contributed by atoms with Gasteiger partial charge in [0.1, 0.15) is 5.58 Å². The highest BCUT2D eigenvalue weighted by Gasteiger charge is 2.42. The van der Waals surface area contributed by atoms with E-state index in [2.05, 4.69) is 0 Å². The minimum absolute atomic E-state index is 0.272. The Bertz CT molecular complexity index is 5880. The smallest absolute Gasteiger partial charge is 0.179 e. The number of rotatable bonds is 7. The topological polar surface area (TPSA) is 23.0 Å². The average molecular weight is 867 g/mol. The van der Waals surface area contributed by atoms with E-state index in [-0.39, 0.29) is 16.0 Å². The highest BCUT2D eigenvalue weighted by Crippen LogP contribution is 2.45. The quantitative estimate of drug-likeness (QED) is 0.116. The molecule has 0 saturated carbocycles. The van der Waals surface area contributed by atoms with Crippen molar-refractivity contribution in [3.63, 3.8) is 0 Å². The van der Waals surface area contributed by atoms with Gasteiger partial charge >= 0.3 is 0 Å². The maximum Gasteiger partial charge on any atom is 0.179 e. The fraction of sp³-hybridized carbons (Fsp3) is 0. The van der Waals surface area contributed by atoms with E-state index in [4.69, 9.17) is 20.9 Å². The van der Waals surface area contributed by atoms with Gasteiger partial charge < -0.3 is 13.6 Å². The second-order valence-electron chi connectivity index (χ2n) is 14.2. The predicted molar refractivity (Wildman–Crippen MR) is 271 cm³/mol. The first-order valence-electron chi connectivity index (χ1n) is 36.2. The van der Waals surface area contributed by atoms with E-state index in [0.29, 0.717) is 4.57 Å². The lowest BCUT2D eigenvalue weighted by Gasteiger charge is -2.35. The predicted octanol–water partition coefficient (Wildman–Crippen LogP) is 12.8. The van der Waals surface area contributed by atoms with Gasteiger partial charge in [0.15, 0.2) is 13.7 Å². The molecule has 64 heavy (non-hydrogen) atoms. The molecule has 13 aromatic rings. The molecule has 1 atom stereocenters. The van der Waals surface area contributed by atoms with Crippen LogP contribution in [0.5, 0.6) is 0 Å². The van der Waals surface area contributed by atoms with Crippen molar-refractivity contribution in [3.8, 4) is 22.5 Å². The van der Waals surface area contributed by atoms with Crippen molar-refractivity contribution in [1.82, 2.24) is 9.13 Å². The van der Waals surface area contributed by atoms with E-state index in [1.165, 1.54) is 30.3 Å². The van der Waals surface area contributed by atoms with Crippen LogP contribution >= 0.6 is 0 Å². The van der Waals surface area contributed by atoms with Crippen molar-refractivity contribution in [2.45, 2.75) is 0 Å². The van der Waals surface area contributed by atoms with E-state index in [1.54, 1.807) is 0 Å². The molecule has 0 N–H and O–H groups in total. The van der Waals surface area contributed by atoms with Gasteiger partial charge in [0.2, 0.25) is 0 Å². The fourth-order valence-electron chi connectivity index (χ4n) is 8.43. The van der Waals surface area contributed by atoms with Gasteiger partial charge in [-0.3, -0.25) is 0 Å². The first-order valence-corrected chi connectivity index (χ1v) is 21.2. The van der Waals surface area contributed by atoms with Gasteiger partial charge in [-0.05, 0) is 74.2 Å². The number of fused-ring (bicyclic) bond motifs is 10. The molecule has 0 fully saturated rings. The third-order valence-corrected chi connectivity index (χ3v) is 15.2. The standard InChI is InChI=1S/C60H40N2OSi/c1-4-20-41(21-5-1)42-22-18-28-46(38-42)64(44-24-6-2-7-25-44,45-26-8-3-9-27-45)47-29-19-23-43(39-47)61-53-34-14-12-32-50(53)52-40-56(60-58(59(52)61)51-33-13-17-37-57(51)63-60)62-54-35-15-10-30-48(54)49-31-11-16-36-55(49)62/h1-40H/i1D,2D,4D,5D,6D,7D,10D,11D,12D,13D,14D,15D,16D,17D,18D,19D,20D,21D,22D,23D,24D,25D,28D,29D,30D,32D,33D,34D,35D,36D,37D,38D,39D,40D. The summed E-state index contributed by atoms with van der Waals surface area (Å²) in [6, 6.07) is -27.3. The molecule has 13 rings (SSSR count). The van der Waals surface area contributed by atoms with Gasteiger partial charge in [0.25, 0.3) is 0 Å². The monoisotopic (exact) mass is 867 g/mol. The second kappa shape index (κ2) is 14.5. The first-order chi connectivity index (χ1) is 45.9. The van der Waals surface area contributed by atoms with Crippen LogP contribution in [0.4, 0.5) is 0 Å². The molecule has 10 aromatic carbocycles. The van der Waals surface area contributed by atoms with Gasteiger partial charge in [0.05, 0.1) is 79.7 Å². The van der Waals surface area contributed by atoms with Crippen LogP contribution in [0, 0.1) is 0 Å². The van der Waals surface area contributed by atoms with Gasteiger partial charge in [-0.25, -0.2) is 0 Å². The Morgan fingerprint density at radius 3 is 1.75 bits per heavy atom. The lowest BCUT2D eigenvalue weighted by atomic mass is 10.1. The van der Waals surface area contributed by atoms with Crippen LogP contribution in [-0.2, 0) is 0 Å². The molecular formula is C60H40N2OSi. The zero-order chi connectivity index (χ0) is 71.8. The van der Waals surface area contributed by atoms with E-state index in [9.17, 15) is 30.2 Å².